The van der Waals surface area contributed by atoms with E-state index in [1.54, 1.807) is 42.5 Å². The number of nitro groups is 2. The first-order valence-corrected chi connectivity index (χ1v) is 9.98. The van der Waals surface area contributed by atoms with Crippen LogP contribution in [0.4, 0.5) is 11.4 Å². The molecule has 0 bridgehead atoms. The van der Waals surface area contributed by atoms with Crippen LogP contribution in [0.2, 0.25) is 0 Å². The van der Waals surface area contributed by atoms with Gasteiger partial charge >= 0.3 is 0 Å². The topological polar surface area (TPSA) is 126 Å². The largest absolute Gasteiger partial charge is 0.490 e. The Kier molecular flexibility index (Phi) is 7.90. The number of benzene rings is 3. The molecular weight excluding hydrogens is 430 g/mol. The second-order valence-electron chi connectivity index (χ2n) is 6.79. The van der Waals surface area contributed by atoms with E-state index in [0.29, 0.717) is 34.8 Å². The third-order valence-corrected chi connectivity index (χ3v) is 4.41. The Morgan fingerprint density at radius 1 is 0.818 bits per heavy atom. The molecule has 10 heteroatoms. The van der Waals surface area contributed by atoms with Crippen LogP contribution in [-0.2, 0) is 18.1 Å². The minimum absolute atomic E-state index is 0.00204. The second-order valence-corrected chi connectivity index (χ2v) is 6.79. The van der Waals surface area contributed by atoms with Crippen molar-refractivity contribution in [3.05, 3.63) is 104 Å². The van der Waals surface area contributed by atoms with E-state index >= 15 is 0 Å². The molecule has 3 aromatic carbocycles. The van der Waals surface area contributed by atoms with Crippen LogP contribution in [0.1, 0.15) is 23.6 Å². The molecule has 0 saturated heterocycles. The zero-order valence-corrected chi connectivity index (χ0v) is 17.7. The third kappa shape index (κ3) is 6.76. The van der Waals surface area contributed by atoms with Crippen LogP contribution in [0.5, 0.6) is 11.5 Å². The lowest BCUT2D eigenvalue weighted by atomic mass is 10.2. The van der Waals surface area contributed by atoms with Gasteiger partial charge in [-0.25, -0.2) is 0 Å². The Morgan fingerprint density at radius 3 is 2.06 bits per heavy atom. The summed E-state index contributed by atoms with van der Waals surface area (Å²) in [5, 5.41) is 25.7. The first-order valence-electron chi connectivity index (χ1n) is 9.98. The lowest BCUT2D eigenvalue weighted by Gasteiger charge is -2.12. The maximum absolute atomic E-state index is 10.9. The van der Waals surface area contributed by atoms with Crippen molar-refractivity contribution in [2.45, 2.75) is 20.1 Å². The number of nitrogens with zero attached hydrogens (tertiary/aromatic N) is 3. The van der Waals surface area contributed by atoms with E-state index in [9.17, 15) is 20.2 Å². The summed E-state index contributed by atoms with van der Waals surface area (Å²) < 4.78 is 11.4. The van der Waals surface area contributed by atoms with Crippen molar-refractivity contribution in [3.63, 3.8) is 0 Å². The summed E-state index contributed by atoms with van der Waals surface area (Å²) in [7, 11) is 0. The van der Waals surface area contributed by atoms with E-state index in [1.807, 2.05) is 6.92 Å². The molecule has 0 aliphatic rings. The van der Waals surface area contributed by atoms with Crippen molar-refractivity contribution in [1.29, 1.82) is 0 Å². The SMILES string of the molecule is CCOc1cc(/C=N\OCc2cccc([N+](=O)[O-])c2)ccc1OCc1cccc([N+](=O)[O-])c1. The fourth-order valence-corrected chi connectivity index (χ4v) is 2.88. The van der Waals surface area contributed by atoms with Gasteiger partial charge in [0.15, 0.2) is 11.5 Å². The predicted molar refractivity (Wildman–Crippen MR) is 121 cm³/mol. The van der Waals surface area contributed by atoms with Crippen molar-refractivity contribution in [3.8, 4) is 11.5 Å². The molecule has 0 amide bonds. The van der Waals surface area contributed by atoms with Gasteiger partial charge in [-0.1, -0.05) is 29.4 Å². The smallest absolute Gasteiger partial charge is 0.269 e. The van der Waals surface area contributed by atoms with Crippen molar-refractivity contribution in [1.82, 2.24) is 0 Å². The molecule has 0 aliphatic carbocycles. The van der Waals surface area contributed by atoms with Crippen LogP contribution in [0.15, 0.2) is 71.9 Å². The summed E-state index contributed by atoms with van der Waals surface area (Å²) in [5.74, 6) is 0.976. The van der Waals surface area contributed by atoms with Gasteiger partial charge in [0.25, 0.3) is 11.4 Å². The summed E-state index contributed by atoms with van der Waals surface area (Å²) in [4.78, 5) is 26.1. The molecule has 3 rings (SSSR count). The van der Waals surface area contributed by atoms with Crippen LogP contribution in [0.25, 0.3) is 0 Å². The molecule has 0 aliphatic heterocycles. The van der Waals surface area contributed by atoms with E-state index in [0.717, 1.165) is 0 Å². The Balaban J connectivity index is 1.63. The minimum Gasteiger partial charge on any atom is -0.490 e. The lowest BCUT2D eigenvalue weighted by Crippen LogP contribution is -2.01. The molecular formula is C23H21N3O7. The van der Waals surface area contributed by atoms with Crippen molar-refractivity contribution < 1.29 is 24.2 Å². The van der Waals surface area contributed by atoms with Gasteiger partial charge in [-0.05, 0) is 36.2 Å². The molecule has 170 valence electrons. The molecule has 0 fully saturated rings. The van der Waals surface area contributed by atoms with Gasteiger partial charge in [-0.15, -0.1) is 0 Å². The Labute approximate surface area is 189 Å². The number of non-ortho nitro benzene ring substituents is 2. The monoisotopic (exact) mass is 451 g/mol. The molecule has 0 atom stereocenters. The summed E-state index contributed by atoms with van der Waals surface area (Å²) in [6.45, 7) is 2.48. The highest BCUT2D eigenvalue weighted by molar-refractivity contribution is 5.80. The fraction of sp³-hybridized carbons (Fsp3) is 0.174. The average Bonchev–Trinajstić information content (AvgIpc) is 2.82. The maximum atomic E-state index is 10.9. The number of nitro benzene ring substituents is 2. The molecule has 0 aromatic heterocycles. The Morgan fingerprint density at radius 2 is 1.45 bits per heavy atom. The highest BCUT2D eigenvalue weighted by Gasteiger charge is 2.10. The van der Waals surface area contributed by atoms with Gasteiger partial charge in [-0.3, -0.25) is 20.2 Å². The minimum atomic E-state index is -0.468. The van der Waals surface area contributed by atoms with Crippen molar-refractivity contribution in [2.24, 2.45) is 5.16 Å². The highest BCUT2D eigenvalue weighted by Crippen LogP contribution is 2.29. The molecule has 3 aromatic rings. The van der Waals surface area contributed by atoms with Crippen molar-refractivity contribution >= 4 is 17.6 Å². The molecule has 0 unspecified atom stereocenters. The number of hydrogen-bond donors (Lipinski definition) is 0. The molecule has 0 radical (unpaired) electrons. The number of hydrogen-bond acceptors (Lipinski definition) is 8. The van der Waals surface area contributed by atoms with E-state index < -0.39 is 9.85 Å². The number of rotatable bonds is 11. The summed E-state index contributed by atoms with van der Waals surface area (Å²) >= 11 is 0. The van der Waals surface area contributed by atoms with E-state index in [-0.39, 0.29) is 24.6 Å². The molecule has 0 saturated carbocycles. The first kappa shape index (κ1) is 23.2. The van der Waals surface area contributed by atoms with Gasteiger partial charge in [-0.2, -0.15) is 0 Å². The van der Waals surface area contributed by atoms with Crippen LogP contribution >= 0.6 is 0 Å². The fourth-order valence-electron chi connectivity index (χ4n) is 2.88. The van der Waals surface area contributed by atoms with E-state index in [2.05, 4.69) is 5.16 Å². The molecule has 0 heterocycles. The van der Waals surface area contributed by atoms with Gasteiger partial charge in [0.2, 0.25) is 0 Å². The number of ether oxygens (including phenoxy) is 2. The summed E-state index contributed by atoms with van der Waals surface area (Å²) in [6, 6.07) is 17.6. The average molecular weight is 451 g/mol. The normalized spacial score (nSPS) is 10.7. The van der Waals surface area contributed by atoms with E-state index in [1.165, 1.54) is 30.5 Å². The summed E-state index contributed by atoms with van der Waals surface area (Å²) in [5.41, 5.74) is 1.97. The van der Waals surface area contributed by atoms with E-state index in [4.69, 9.17) is 14.3 Å². The van der Waals surface area contributed by atoms with Crippen LogP contribution in [-0.4, -0.2) is 22.7 Å². The first-order chi connectivity index (χ1) is 16.0. The van der Waals surface area contributed by atoms with Gasteiger partial charge in [0, 0.05) is 29.8 Å². The van der Waals surface area contributed by atoms with Crippen molar-refractivity contribution in [2.75, 3.05) is 6.61 Å². The molecule has 0 spiro atoms. The summed E-state index contributed by atoms with van der Waals surface area (Å²) in [6.07, 6.45) is 1.49. The zero-order valence-electron chi connectivity index (χ0n) is 17.7. The quantitative estimate of drug-likeness (QED) is 0.227. The Hall–Kier alpha value is -4.47. The van der Waals surface area contributed by atoms with Gasteiger partial charge in [0.1, 0.15) is 13.2 Å². The molecule has 10 nitrogen and oxygen atoms in total. The zero-order chi connectivity index (χ0) is 23.6. The lowest BCUT2D eigenvalue weighted by molar-refractivity contribution is -0.385. The van der Waals surface area contributed by atoms with Gasteiger partial charge in [0.05, 0.1) is 22.7 Å². The standard InChI is InChI=1S/C23H21N3O7/c1-2-31-23-13-17(14-24-33-16-19-6-4-8-21(12-19)26(29)30)9-10-22(23)32-15-18-5-3-7-20(11-18)25(27)28/h3-14H,2,15-16H2,1H3/b24-14-. The predicted octanol–water partition coefficient (Wildman–Crippen LogP) is 5.03. The van der Waals surface area contributed by atoms with Gasteiger partial charge < -0.3 is 14.3 Å². The molecule has 33 heavy (non-hydrogen) atoms. The van der Waals surface area contributed by atoms with Crippen LogP contribution in [0, 0.1) is 20.2 Å². The molecule has 0 N–H and O–H groups in total. The third-order valence-electron chi connectivity index (χ3n) is 4.41. The van der Waals surface area contributed by atoms with Crippen LogP contribution < -0.4 is 9.47 Å². The van der Waals surface area contributed by atoms with Crippen LogP contribution in [0.3, 0.4) is 0 Å². The number of oxime groups is 1. The highest BCUT2D eigenvalue weighted by atomic mass is 16.6. The Bertz CT molecular complexity index is 1160. The maximum Gasteiger partial charge on any atom is 0.269 e. The second kappa shape index (κ2) is 11.2.